The average molecular weight is 393 g/mol. The second-order valence-electron chi connectivity index (χ2n) is 5.36. The zero-order chi connectivity index (χ0) is 18.8. The molecule has 0 aliphatic heterocycles. The Morgan fingerprint density at radius 3 is 2.50 bits per heavy atom. The van der Waals surface area contributed by atoms with Crippen LogP contribution in [-0.2, 0) is 4.79 Å². The highest BCUT2D eigenvalue weighted by atomic mass is 35.5. The number of hydrogen-bond acceptors (Lipinski definition) is 2. The van der Waals surface area contributed by atoms with E-state index in [1.54, 1.807) is 6.07 Å². The number of carbonyl (C=O) groups is 2. The van der Waals surface area contributed by atoms with Crippen LogP contribution in [0.5, 0.6) is 0 Å². The van der Waals surface area contributed by atoms with Crippen LogP contribution in [0.4, 0.5) is 10.1 Å². The molecule has 26 heavy (non-hydrogen) atoms. The van der Waals surface area contributed by atoms with Crippen molar-refractivity contribution in [3.05, 3.63) is 69.6 Å². The highest BCUT2D eigenvalue weighted by Gasteiger charge is 2.18. The number of fused-ring (bicyclic) bond motifs is 1. The Morgan fingerprint density at radius 2 is 1.85 bits per heavy atom. The minimum atomic E-state index is -1.20. The Kier molecular flexibility index (Phi) is 4.97. The molecule has 0 fully saturated rings. The molecule has 0 unspecified atom stereocenters. The summed E-state index contributed by atoms with van der Waals surface area (Å²) in [6.45, 7) is 0. The van der Waals surface area contributed by atoms with Gasteiger partial charge in [-0.2, -0.15) is 0 Å². The van der Waals surface area contributed by atoms with Gasteiger partial charge in [-0.15, -0.1) is 0 Å². The largest absolute Gasteiger partial charge is 0.477 e. The average Bonchev–Trinajstić information content (AvgIpc) is 2.94. The van der Waals surface area contributed by atoms with E-state index in [4.69, 9.17) is 23.2 Å². The van der Waals surface area contributed by atoms with Crippen LogP contribution in [0.25, 0.3) is 17.0 Å². The summed E-state index contributed by atoms with van der Waals surface area (Å²) in [5.74, 6) is -2.13. The lowest BCUT2D eigenvalue weighted by Crippen LogP contribution is -2.07. The van der Waals surface area contributed by atoms with Crippen LogP contribution in [0.2, 0.25) is 10.0 Å². The van der Waals surface area contributed by atoms with Crippen LogP contribution in [0.3, 0.4) is 0 Å². The van der Waals surface area contributed by atoms with Crippen molar-refractivity contribution in [2.45, 2.75) is 0 Å². The predicted octanol–water partition coefficient (Wildman–Crippen LogP) is 4.96. The van der Waals surface area contributed by atoms with E-state index in [1.807, 2.05) is 0 Å². The number of aromatic carboxylic acids is 1. The van der Waals surface area contributed by atoms with Gasteiger partial charge in [0, 0.05) is 33.3 Å². The number of carboxylic acid groups (broad SMARTS) is 1. The molecule has 0 spiro atoms. The molecule has 1 amide bonds. The molecule has 0 aliphatic rings. The van der Waals surface area contributed by atoms with Crippen LogP contribution >= 0.6 is 23.2 Å². The Bertz CT molecular complexity index is 1040. The number of aromatic nitrogens is 1. The summed E-state index contributed by atoms with van der Waals surface area (Å²) in [5, 5.41) is 13.0. The Balaban J connectivity index is 1.95. The van der Waals surface area contributed by atoms with E-state index in [1.165, 1.54) is 42.5 Å². The van der Waals surface area contributed by atoms with Gasteiger partial charge >= 0.3 is 5.97 Å². The molecule has 5 nitrogen and oxygen atoms in total. The highest BCUT2D eigenvalue weighted by Crippen LogP contribution is 2.33. The van der Waals surface area contributed by atoms with E-state index in [0.717, 1.165) is 0 Å². The van der Waals surface area contributed by atoms with Gasteiger partial charge in [0.2, 0.25) is 5.91 Å². The predicted molar refractivity (Wildman–Crippen MR) is 99.3 cm³/mol. The first kappa shape index (κ1) is 18.0. The molecule has 0 bridgehead atoms. The minimum absolute atomic E-state index is 0.116. The van der Waals surface area contributed by atoms with Crippen molar-refractivity contribution in [2.75, 3.05) is 5.32 Å². The van der Waals surface area contributed by atoms with Gasteiger partial charge < -0.3 is 15.4 Å². The van der Waals surface area contributed by atoms with Crippen LogP contribution in [0.15, 0.2) is 42.5 Å². The van der Waals surface area contributed by atoms with Gasteiger partial charge in [0.1, 0.15) is 11.5 Å². The number of anilines is 1. The van der Waals surface area contributed by atoms with Gasteiger partial charge in [-0.05, 0) is 42.5 Å². The molecule has 3 rings (SSSR count). The van der Waals surface area contributed by atoms with Gasteiger partial charge in [-0.1, -0.05) is 23.2 Å². The minimum Gasteiger partial charge on any atom is -0.477 e. The summed E-state index contributed by atoms with van der Waals surface area (Å²) in [4.78, 5) is 26.3. The van der Waals surface area contributed by atoms with Crippen molar-refractivity contribution < 1.29 is 19.1 Å². The lowest BCUT2D eigenvalue weighted by molar-refractivity contribution is -0.111. The van der Waals surface area contributed by atoms with Crippen LogP contribution < -0.4 is 5.32 Å². The molecule has 3 N–H and O–H groups in total. The summed E-state index contributed by atoms with van der Waals surface area (Å²) in [6.07, 6.45) is 2.52. The van der Waals surface area contributed by atoms with E-state index >= 15 is 0 Å². The first-order chi connectivity index (χ1) is 12.3. The fourth-order valence-electron chi connectivity index (χ4n) is 2.48. The van der Waals surface area contributed by atoms with Gasteiger partial charge in [0.25, 0.3) is 0 Å². The standard InChI is InChI=1S/C18H11Cl2FN2O3/c19-9-7-13(20)16-12(17(18(25)26)23-14(16)8-9)5-6-15(24)22-11-3-1-10(21)2-4-11/h1-8,23H,(H,22,24)(H,25,26)/b6-5+. The number of hydrogen-bond donors (Lipinski definition) is 3. The molecular formula is C18H11Cl2FN2O3. The van der Waals surface area contributed by atoms with Gasteiger partial charge in [0.05, 0.1) is 5.02 Å². The molecular weight excluding hydrogens is 382 g/mol. The van der Waals surface area contributed by atoms with Crippen LogP contribution in [0.1, 0.15) is 16.1 Å². The van der Waals surface area contributed by atoms with Crippen molar-refractivity contribution in [3.63, 3.8) is 0 Å². The number of aromatic amines is 1. The lowest BCUT2D eigenvalue weighted by Gasteiger charge is -2.02. The summed E-state index contributed by atoms with van der Waals surface area (Å²) < 4.78 is 12.9. The summed E-state index contributed by atoms with van der Waals surface area (Å²) in [6, 6.07) is 8.28. The maximum Gasteiger partial charge on any atom is 0.352 e. The number of carbonyl (C=O) groups excluding carboxylic acids is 1. The smallest absolute Gasteiger partial charge is 0.352 e. The Hall–Kier alpha value is -2.83. The fourth-order valence-corrected chi connectivity index (χ4v) is 3.08. The zero-order valence-corrected chi connectivity index (χ0v) is 14.5. The lowest BCUT2D eigenvalue weighted by atomic mass is 10.1. The van der Waals surface area contributed by atoms with E-state index in [0.29, 0.717) is 21.6 Å². The maximum absolute atomic E-state index is 12.9. The number of halogens is 3. The van der Waals surface area contributed by atoms with Crippen LogP contribution in [-0.4, -0.2) is 22.0 Å². The third-order valence-electron chi connectivity index (χ3n) is 3.58. The second-order valence-corrected chi connectivity index (χ2v) is 6.20. The molecule has 0 aliphatic carbocycles. The molecule has 3 aromatic rings. The molecule has 132 valence electrons. The Labute approximate surface area is 157 Å². The monoisotopic (exact) mass is 392 g/mol. The van der Waals surface area contributed by atoms with E-state index < -0.39 is 17.7 Å². The summed E-state index contributed by atoms with van der Waals surface area (Å²) in [7, 11) is 0. The molecule has 1 heterocycles. The first-order valence-corrected chi connectivity index (χ1v) is 8.09. The Morgan fingerprint density at radius 1 is 1.15 bits per heavy atom. The van der Waals surface area contributed by atoms with Crippen molar-refractivity contribution in [1.29, 1.82) is 0 Å². The topological polar surface area (TPSA) is 82.2 Å². The fraction of sp³-hybridized carbons (Fsp3) is 0. The molecule has 2 aromatic carbocycles. The van der Waals surface area contributed by atoms with E-state index in [9.17, 15) is 19.1 Å². The number of nitrogens with one attached hydrogen (secondary N) is 2. The normalized spacial score (nSPS) is 11.2. The molecule has 0 saturated carbocycles. The second kappa shape index (κ2) is 7.19. The molecule has 0 saturated heterocycles. The first-order valence-electron chi connectivity index (χ1n) is 7.34. The number of H-pyrrole nitrogens is 1. The number of carboxylic acids is 1. The van der Waals surface area contributed by atoms with Gasteiger partial charge in [-0.25, -0.2) is 9.18 Å². The SMILES string of the molecule is O=C(/C=C/c1c(C(=O)O)[nH]c2cc(Cl)cc(Cl)c12)Nc1ccc(F)cc1. The maximum atomic E-state index is 12.9. The number of rotatable bonds is 4. The number of amides is 1. The third-order valence-corrected chi connectivity index (χ3v) is 4.10. The van der Waals surface area contributed by atoms with Crippen molar-refractivity contribution >= 4 is 57.7 Å². The van der Waals surface area contributed by atoms with Gasteiger partial charge in [-0.3, -0.25) is 4.79 Å². The van der Waals surface area contributed by atoms with Crippen LogP contribution in [0, 0.1) is 5.82 Å². The molecule has 8 heteroatoms. The zero-order valence-electron chi connectivity index (χ0n) is 13.0. The summed E-state index contributed by atoms with van der Waals surface area (Å²) in [5.41, 5.74) is 0.986. The van der Waals surface area contributed by atoms with Crippen molar-refractivity contribution in [1.82, 2.24) is 4.98 Å². The van der Waals surface area contributed by atoms with Gasteiger partial charge in [0.15, 0.2) is 0 Å². The third kappa shape index (κ3) is 3.71. The quantitative estimate of drug-likeness (QED) is 0.548. The number of benzene rings is 2. The van der Waals surface area contributed by atoms with Crippen molar-refractivity contribution in [3.8, 4) is 0 Å². The molecule has 0 atom stereocenters. The summed E-state index contributed by atoms with van der Waals surface area (Å²) >= 11 is 12.1. The van der Waals surface area contributed by atoms with E-state index in [2.05, 4.69) is 10.3 Å². The molecule has 0 radical (unpaired) electrons. The van der Waals surface area contributed by atoms with Crippen molar-refractivity contribution in [2.24, 2.45) is 0 Å². The highest BCUT2D eigenvalue weighted by molar-refractivity contribution is 6.39. The van der Waals surface area contributed by atoms with E-state index in [-0.39, 0.29) is 16.3 Å². The molecule has 1 aromatic heterocycles.